The Morgan fingerprint density at radius 1 is 1.11 bits per heavy atom. The van der Waals surface area contributed by atoms with Crippen molar-refractivity contribution in [3.63, 3.8) is 0 Å². The summed E-state index contributed by atoms with van der Waals surface area (Å²) < 4.78 is 13.0. The average Bonchev–Trinajstić information content (AvgIpc) is 2.93. The fourth-order valence-corrected chi connectivity index (χ4v) is 3.76. The molecule has 0 saturated carbocycles. The summed E-state index contributed by atoms with van der Waals surface area (Å²) in [5.74, 6) is 0.589. The van der Waals surface area contributed by atoms with Gasteiger partial charge in [0.25, 0.3) is 0 Å². The largest absolute Gasteiger partial charge is 0.337 e. The second-order valence-electron chi connectivity index (χ2n) is 6.49. The second-order valence-corrected chi connectivity index (χ2v) is 7.61. The number of thioether (sulfide) groups is 1. The Morgan fingerprint density at radius 2 is 1.96 bits per heavy atom. The highest BCUT2D eigenvalue weighted by Crippen LogP contribution is 2.13. The molecule has 1 N–H and O–H groups in total. The lowest BCUT2D eigenvalue weighted by atomic mass is 10.2. The van der Waals surface area contributed by atoms with Gasteiger partial charge in [0.2, 0.25) is 0 Å². The SMILES string of the molecule is O=C(NCCSc1ccccn1)N1CCCN(Cc2ccc(F)cc2)CC1. The van der Waals surface area contributed by atoms with Crippen LogP contribution in [-0.2, 0) is 6.54 Å². The highest BCUT2D eigenvalue weighted by atomic mass is 32.2. The molecule has 2 amide bonds. The molecule has 0 unspecified atom stereocenters. The molecule has 2 heterocycles. The molecular weight excluding hydrogens is 363 g/mol. The Morgan fingerprint density at radius 3 is 2.74 bits per heavy atom. The van der Waals surface area contributed by atoms with Crippen molar-refractivity contribution in [1.29, 1.82) is 0 Å². The van der Waals surface area contributed by atoms with Crippen LogP contribution in [0.15, 0.2) is 53.7 Å². The van der Waals surface area contributed by atoms with E-state index in [1.54, 1.807) is 18.0 Å². The molecule has 144 valence electrons. The minimum Gasteiger partial charge on any atom is -0.337 e. The van der Waals surface area contributed by atoms with E-state index < -0.39 is 0 Å². The summed E-state index contributed by atoms with van der Waals surface area (Å²) in [4.78, 5) is 20.9. The van der Waals surface area contributed by atoms with Gasteiger partial charge in [-0.2, -0.15) is 0 Å². The van der Waals surface area contributed by atoms with Gasteiger partial charge in [0.15, 0.2) is 0 Å². The first-order valence-corrected chi connectivity index (χ1v) is 10.2. The zero-order valence-electron chi connectivity index (χ0n) is 15.3. The van der Waals surface area contributed by atoms with Crippen molar-refractivity contribution in [2.75, 3.05) is 38.5 Å². The molecular formula is C20H25FN4OS. The predicted octanol–water partition coefficient (Wildman–Crippen LogP) is 3.23. The number of carbonyl (C=O) groups is 1. The molecule has 27 heavy (non-hydrogen) atoms. The summed E-state index contributed by atoms with van der Waals surface area (Å²) in [6.07, 6.45) is 2.72. The maximum atomic E-state index is 13.0. The van der Waals surface area contributed by atoms with Crippen LogP contribution in [0.3, 0.4) is 0 Å². The van der Waals surface area contributed by atoms with Gasteiger partial charge in [-0.05, 0) is 36.2 Å². The molecule has 1 aliphatic heterocycles. The molecule has 1 aromatic heterocycles. The quantitative estimate of drug-likeness (QED) is 0.610. The monoisotopic (exact) mass is 388 g/mol. The maximum Gasteiger partial charge on any atom is 0.317 e. The molecule has 5 nitrogen and oxygen atoms in total. The standard InChI is InChI=1S/C20H25FN4OS/c21-18-7-5-17(6-8-18)16-24-11-3-12-25(14-13-24)20(26)23-10-15-27-19-4-1-2-9-22-19/h1-2,4-9H,3,10-16H2,(H,23,26). The first-order chi connectivity index (χ1) is 13.2. The molecule has 0 radical (unpaired) electrons. The topological polar surface area (TPSA) is 48.5 Å². The summed E-state index contributed by atoms with van der Waals surface area (Å²) in [6, 6.07) is 12.5. The van der Waals surface area contributed by atoms with Gasteiger partial charge < -0.3 is 10.2 Å². The van der Waals surface area contributed by atoms with Gasteiger partial charge in [0, 0.05) is 51.2 Å². The fraction of sp³-hybridized carbons (Fsp3) is 0.400. The van der Waals surface area contributed by atoms with Crippen LogP contribution in [0.1, 0.15) is 12.0 Å². The Labute approximate surface area is 164 Å². The molecule has 0 spiro atoms. The lowest BCUT2D eigenvalue weighted by Crippen LogP contribution is -2.42. The molecule has 0 atom stereocenters. The maximum absolute atomic E-state index is 13.0. The van der Waals surface area contributed by atoms with Crippen molar-refractivity contribution < 1.29 is 9.18 Å². The van der Waals surface area contributed by atoms with Crippen molar-refractivity contribution in [1.82, 2.24) is 20.1 Å². The predicted molar refractivity (Wildman–Crippen MR) is 106 cm³/mol. The number of hydrogen-bond donors (Lipinski definition) is 1. The Kier molecular flexibility index (Phi) is 7.47. The van der Waals surface area contributed by atoms with E-state index in [2.05, 4.69) is 15.2 Å². The number of carbonyl (C=O) groups excluding carboxylic acids is 1. The van der Waals surface area contributed by atoms with Crippen LogP contribution in [0, 0.1) is 5.82 Å². The van der Waals surface area contributed by atoms with E-state index in [9.17, 15) is 9.18 Å². The van der Waals surface area contributed by atoms with Crippen LogP contribution in [0.2, 0.25) is 0 Å². The van der Waals surface area contributed by atoms with Crippen molar-refractivity contribution in [3.8, 4) is 0 Å². The molecule has 1 fully saturated rings. The first-order valence-electron chi connectivity index (χ1n) is 9.24. The third kappa shape index (κ3) is 6.52. The minimum absolute atomic E-state index is 0.000234. The van der Waals surface area contributed by atoms with Gasteiger partial charge in [-0.25, -0.2) is 14.2 Å². The van der Waals surface area contributed by atoms with Crippen LogP contribution in [-0.4, -0.2) is 59.3 Å². The molecule has 0 aliphatic carbocycles. The van der Waals surface area contributed by atoms with E-state index in [0.29, 0.717) is 13.1 Å². The Bertz CT molecular complexity index is 714. The van der Waals surface area contributed by atoms with E-state index in [0.717, 1.165) is 48.9 Å². The second kappa shape index (κ2) is 10.3. The smallest absolute Gasteiger partial charge is 0.317 e. The number of pyridine rings is 1. The summed E-state index contributed by atoms with van der Waals surface area (Å²) in [7, 11) is 0. The summed E-state index contributed by atoms with van der Waals surface area (Å²) in [6.45, 7) is 4.65. The number of aromatic nitrogens is 1. The number of benzene rings is 1. The number of hydrogen-bond acceptors (Lipinski definition) is 4. The summed E-state index contributed by atoms with van der Waals surface area (Å²) >= 11 is 1.64. The van der Waals surface area contributed by atoms with Crippen LogP contribution < -0.4 is 5.32 Å². The number of halogens is 1. The summed E-state index contributed by atoms with van der Waals surface area (Å²) in [5, 5.41) is 3.97. The van der Waals surface area contributed by atoms with E-state index in [1.807, 2.05) is 35.2 Å². The van der Waals surface area contributed by atoms with Crippen molar-refractivity contribution >= 4 is 17.8 Å². The van der Waals surface area contributed by atoms with Gasteiger partial charge in [-0.1, -0.05) is 18.2 Å². The normalized spacial score (nSPS) is 15.4. The molecule has 1 aliphatic rings. The van der Waals surface area contributed by atoms with Crippen LogP contribution >= 0.6 is 11.8 Å². The zero-order valence-corrected chi connectivity index (χ0v) is 16.1. The van der Waals surface area contributed by atoms with Crippen LogP contribution in [0.25, 0.3) is 0 Å². The fourth-order valence-electron chi connectivity index (χ4n) is 3.04. The lowest BCUT2D eigenvalue weighted by Gasteiger charge is -2.22. The first kappa shape index (κ1) is 19.6. The van der Waals surface area contributed by atoms with Gasteiger partial charge in [-0.3, -0.25) is 4.90 Å². The molecule has 7 heteroatoms. The van der Waals surface area contributed by atoms with Crippen molar-refractivity contribution in [2.24, 2.45) is 0 Å². The molecule has 0 bridgehead atoms. The van der Waals surface area contributed by atoms with E-state index in [-0.39, 0.29) is 11.8 Å². The molecule has 1 aromatic carbocycles. The Hall–Kier alpha value is -2.12. The minimum atomic E-state index is -0.210. The third-order valence-electron chi connectivity index (χ3n) is 4.46. The molecule has 2 aromatic rings. The number of nitrogens with zero attached hydrogens (tertiary/aromatic N) is 3. The number of amides is 2. The van der Waals surface area contributed by atoms with E-state index in [4.69, 9.17) is 0 Å². The van der Waals surface area contributed by atoms with E-state index in [1.165, 1.54) is 12.1 Å². The number of urea groups is 1. The van der Waals surface area contributed by atoms with Crippen molar-refractivity contribution in [2.45, 2.75) is 18.0 Å². The number of rotatable bonds is 6. The van der Waals surface area contributed by atoms with Gasteiger partial charge in [0.1, 0.15) is 5.82 Å². The van der Waals surface area contributed by atoms with Gasteiger partial charge in [0.05, 0.1) is 5.03 Å². The molecule has 3 rings (SSSR count). The molecule has 1 saturated heterocycles. The highest BCUT2D eigenvalue weighted by molar-refractivity contribution is 7.99. The van der Waals surface area contributed by atoms with Gasteiger partial charge in [-0.15, -0.1) is 11.8 Å². The average molecular weight is 389 g/mol. The third-order valence-corrected chi connectivity index (χ3v) is 5.41. The Balaban J connectivity index is 1.38. The lowest BCUT2D eigenvalue weighted by molar-refractivity contribution is 0.198. The van der Waals surface area contributed by atoms with E-state index >= 15 is 0 Å². The number of nitrogens with one attached hydrogen (secondary N) is 1. The summed E-state index contributed by atoms with van der Waals surface area (Å²) in [5.41, 5.74) is 1.10. The highest BCUT2D eigenvalue weighted by Gasteiger charge is 2.18. The van der Waals surface area contributed by atoms with Crippen molar-refractivity contribution in [3.05, 3.63) is 60.0 Å². The zero-order chi connectivity index (χ0) is 18.9. The van der Waals surface area contributed by atoms with Crippen LogP contribution in [0.5, 0.6) is 0 Å². The van der Waals surface area contributed by atoms with Gasteiger partial charge >= 0.3 is 6.03 Å². The van der Waals surface area contributed by atoms with Crippen LogP contribution in [0.4, 0.5) is 9.18 Å².